The highest BCUT2D eigenvalue weighted by atomic mass is 15.1. The van der Waals surface area contributed by atoms with Crippen LogP contribution in [0.2, 0.25) is 0 Å². The van der Waals surface area contributed by atoms with Gasteiger partial charge in [-0.15, -0.1) is 0 Å². The minimum Gasteiger partial charge on any atom is -0.303 e. The molecule has 1 rings (SSSR count). The van der Waals surface area contributed by atoms with E-state index in [2.05, 4.69) is 18.7 Å². The molecule has 0 aromatic heterocycles. The molecule has 0 aromatic rings. The highest BCUT2D eigenvalue weighted by Crippen LogP contribution is 2.19. The summed E-state index contributed by atoms with van der Waals surface area (Å²) in [7, 11) is 0. The summed E-state index contributed by atoms with van der Waals surface area (Å²) in [6.07, 6.45) is 4.25. The summed E-state index contributed by atoms with van der Waals surface area (Å²) in [6, 6.07) is 0. The van der Waals surface area contributed by atoms with Gasteiger partial charge >= 0.3 is 0 Å². The summed E-state index contributed by atoms with van der Waals surface area (Å²) in [4.78, 5) is 2.56. The highest BCUT2D eigenvalue weighted by molar-refractivity contribution is 4.73. The van der Waals surface area contributed by atoms with E-state index in [0.29, 0.717) is 0 Å². The van der Waals surface area contributed by atoms with Gasteiger partial charge in [0, 0.05) is 6.54 Å². The number of hydrogen-bond donors (Lipinski definition) is 0. The third kappa shape index (κ3) is 1.98. The molecule has 10 heavy (non-hydrogen) atoms. The monoisotopic (exact) mass is 141 g/mol. The first kappa shape index (κ1) is 8.06. The van der Waals surface area contributed by atoms with E-state index in [1.54, 1.807) is 0 Å². The fourth-order valence-corrected chi connectivity index (χ4v) is 1.84. The molecule has 1 saturated heterocycles. The maximum atomic E-state index is 2.56. The molecule has 1 heterocycles. The van der Waals surface area contributed by atoms with Crippen LogP contribution in [0, 0.1) is 5.92 Å². The standard InChI is InChI=1S/C9H19N/c1-3-5-9-6-7-10(4-2)8-9/h9H,3-8H2,1-2H3/t9-/m1/s1. The average molecular weight is 141 g/mol. The van der Waals surface area contributed by atoms with E-state index in [-0.39, 0.29) is 0 Å². The van der Waals surface area contributed by atoms with Crippen LogP contribution in [-0.2, 0) is 0 Å². The smallest absolute Gasteiger partial charge is 0.00100 e. The van der Waals surface area contributed by atoms with Crippen LogP contribution in [0.25, 0.3) is 0 Å². The zero-order chi connectivity index (χ0) is 7.40. The van der Waals surface area contributed by atoms with Crippen LogP contribution in [0.5, 0.6) is 0 Å². The van der Waals surface area contributed by atoms with E-state index in [1.807, 2.05) is 0 Å². The number of likely N-dealkylation sites (tertiary alicyclic amines) is 1. The maximum absolute atomic E-state index is 2.56. The second-order valence-corrected chi connectivity index (χ2v) is 3.34. The first-order chi connectivity index (χ1) is 4.86. The van der Waals surface area contributed by atoms with Gasteiger partial charge in [0.15, 0.2) is 0 Å². The lowest BCUT2D eigenvalue weighted by atomic mass is 10.0. The largest absolute Gasteiger partial charge is 0.303 e. The van der Waals surface area contributed by atoms with Crippen molar-refractivity contribution in [1.82, 2.24) is 4.90 Å². The minimum absolute atomic E-state index is 1.02. The Hall–Kier alpha value is -0.0400. The Morgan fingerprint density at radius 2 is 2.20 bits per heavy atom. The summed E-state index contributed by atoms with van der Waals surface area (Å²) in [5, 5.41) is 0. The van der Waals surface area contributed by atoms with Crippen molar-refractivity contribution in [1.29, 1.82) is 0 Å². The molecule has 1 aliphatic rings. The van der Waals surface area contributed by atoms with E-state index in [4.69, 9.17) is 0 Å². The summed E-state index contributed by atoms with van der Waals surface area (Å²) < 4.78 is 0. The third-order valence-electron chi connectivity index (χ3n) is 2.51. The van der Waals surface area contributed by atoms with Crippen molar-refractivity contribution in [3.8, 4) is 0 Å². The SMILES string of the molecule is CCC[C@@H]1CCN(CC)C1. The molecule has 0 aliphatic carbocycles. The lowest BCUT2D eigenvalue weighted by Gasteiger charge is -2.11. The van der Waals surface area contributed by atoms with Crippen molar-refractivity contribution < 1.29 is 0 Å². The van der Waals surface area contributed by atoms with E-state index in [0.717, 1.165) is 5.92 Å². The topological polar surface area (TPSA) is 3.24 Å². The average Bonchev–Trinajstić information content (AvgIpc) is 2.37. The Balaban J connectivity index is 2.15. The molecule has 60 valence electrons. The normalized spacial score (nSPS) is 27.6. The van der Waals surface area contributed by atoms with Crippen molar-refractivity contribution >= 4 is 0 Å². The summed E-state index contributed by atoms with van der Waals surface area (Å²) in [5.74, 6) is 1.02. The van der Waals surface area contributed by atoms with Crippen molar-refractivity contribution in [2.75, 3.05) is 19.6 Å². The third-order valence-corrected chi connectivity index (χ3v) is 2.51. The zero-order valence-electron chi connectivity index (χ0n) is 7.27. The van der Waals surface area contributed by atoms with Crippen LogP contribution in [0.3, 0.4) is 0 Å². The van der Waals surface area contributed by atoms with Gasteiger partial charge in [0.1, 0.15) is 0 Å². The molecule has 0 aromatic carbocycles. The molecule has 0 radical (unpaired) electrons. The van der Waals surface area contributed by atoms with E-state index >= 15 is 0 Å². The lowest BCUT2D eigenvalue weighted by Crippen LogP contribution is -2.19. The van der Waals surface area contributed by atoms with Gasteiger partial charge in [0.05, 0.1) is 0 Å². The van der Waals surface area contributed by atoms with Gasteiger partial charge in [-0.1, -0.05) is 20.3 Å². The molecule has 1 atom stereocenters. The number of rotatable bonds is 3. The first-order valence-electron chi connectivity index (χ1n) is 4.59. The maximum Gasteiger partial charge on any atom is 0.00100 e. The molecule has 0 spiro atoms. The molecule has 0 amide bonds. The fourth-order valence-electron chi connectivity index (χ4n) is 1.84. The molecule has 1 aliphatic heterocycles. The number of hydrogen-bond acceptors (Lipinski definition) is 1. The molecule has 1 nitrogen and oxygen atoms in total. The Morgan fingerprint density at radius 1 is 1.40 bits per heavy atom. The Morgan fingerprint density at radius 3 is 2.70 bits per heavy atom. The molecular weight excluding hydrogens is 122 g/mol. The van der Waals surface area contributed by atoms with Crippen molar-refractivity contribution in [3.63, 3.8) is 0 Å². The molecule has 0 unspecified atom stereocenters. The summed E-state index contributed by atoms with van der Waals surface area (Å²) in [6.45, 7) is 8.51. The minimum atomic E-state index is 1.02. The molecule has 0 N–H and O–H groups in total. The van der Waals surface area contributed by atoms with Crippen LogP contribution >= 0.6 is 0 Å². The highest BCUT2D eigenvalue weighted by Gasteiger charge is 2.19. The van der Waals surface area contributed by atoms with Gasteiger partial charge in [-0.3, -0.25) is 0 Å². The molecule has 0 saturated carbocycles. The van der Waals surface area contributed by atoms with Crippen LogP contribution < -0.4 is 0 Å². The Labute approximate surface area is 64.4 Å². The quantitative estimate of drug-likeness (QED) is 0.582. The van der Waals surface area contributed by atoms with Crippen LogP contribution in [0.1, 0.15) is 33.1 Å². The van der Waals surface area contributed by atoms with E-state index in [9.17, 15) is 0 Å². The predicted molar refractivity (Wildman–Crippen MR) is 45.1 cm³/mol. The second kappa shape index (κ2) is 3.97. The van der Waals surface area contributed by atoms with E-state index < -0.39 is 0 Å². The fraction of sp³-hybridized carbons (Fsp3) is 1.00. The predicted octanol–water partition coefficient (Wildman–Crippen LogP) is 2.13. The number of nitrogens with zero attached hydrogens (tertiary/aromatic N) is 1. The molecule has 1 fully saturated rings. The van der Waals surface area contributed by atoms with E-state index in [1.165, 1.54) is 38.9 Å². The van der Waals surface area contributed by atoms with Crippen molar-refractivity contribution in [2.24, 2.45) is 5.92 Å². The lowest BCUT2D eigenvalue weighted by molar-refractivity contribution is 0.337. The molecule has 1 heteroatoms. The van der Waals surface area contributed by atoms with Gasteiger partial charge in [0.2, 0.25) is 0 Å². The Bertz CT molecular complexity index is 90.7. The second-order valence-electron chi connectivity index (χ2n) is 3.34. The van der Waals surface area contributed by atoms with Crippen LogP contribution in [0.4, 0.5) is 0 Å². The summed E-state index contributed by atoms with van der Waals surface area (Å²) in [5.41, 5.74) is 0. The van der Waals surface area contributed by atoms with Crippen LogP contribution in [-0.4, -0.2) is 24.5 Å². The van der Waals surface area contributed by atoms with Gasteiger partial charge in [-0.25, -0.2) is 0 Å². The molecular formula is C9H19N. The van der Waals surface area contributed by atoms with Gasteiger partial charge < -0.3 is 4.90 Å². The summed E-state index contributed by atoms with van der Waals surface area (Å²) >= 11 is 0. The van der Waals surface area contributed by atoms with Crippen molar-refractivity contribution in [2.45, 2.75) is 33.1 Å². The zero-order valence-corrected chi connectivity index (χ0v) is 7.27. The molecule has 0 bridgehead atoms. The van der Waals surface area contributed by atoms with Gasteiger partial charge in [-0.05, 0) is 31.8 Å². The van der Waals surface area contributed by atoms with Gasteiger partial charge in [-0.2, -0.15) is 0 Å². The van der Waals surface area contributed by atoms with Gasteiger partial charge in [0.25, 0.3) is 0 Å². The Kier molecular flexibility index (Phi) is 3.20. The first-order valence-corrected chi connectivity index (χ1v) is 4.59. The van der Waals surface area contributed by atoms with Crippen LogP contribution in [0.15, 0.2) is 0 Å². The van der Waals surface area contributed by atoms with Crippen molar-refractivity contribution in [3.05, 3.63) is 0 Å².